The van der Waals surface area contributed by atoms with Gasteiger partial charge in [0.05, 0.1) is 16.1 Å². The van der Waals surface area contributed by atoms with Gasteiger partial charge in [0.25, 0.3) is 0 Å². The lowest BCUT2D eigenvalue weighted by Crippen LogP contribution is -2.40. The Balaban J connectivity index is 1.44. The van der Waals surface area contributed by atoms with Crippen molar-refractivity contribution >= 4 is 32.7 Å². The number of carbonyl (C=O) groups is 1. The largest absolute Gasteiger partial charge is 0.462 e. The minimum absolute atomic E-state index is 0.00251. The van der Waals surface area contributed by atoms with Crippen molar-refractivity contribution in [2.75, 3.05) is 18.0 Å². The number of rotatable bonds is 3. The molecule has 0 spiro atoms. The number of anilines is 1. The molecular formula is C18H22N2O2S. The fourth-order valence-electron chi connectivity index (χ4n) is 3.61. The Kier molecular flexibility index (Phi) is 4.21. The maximum Gasteiger partial charge on any atom is 0.311 e. The van der Waals surface area contributed by atoms with Crippen LogP contribution >= 0.6 is 11.3 Å². The lowest BCUT2D eigenvalue weighted by atomic mass is 9.98. The molecular weight excluding hydrogens is 308 g/mol. The highest BCUT2D eigenvalue weighted by molar-refractivity contribution is 7.22. The Hall–Kier alpha value is -1.62. The number of nitrogens with zero attached hydrogens (tertiary/aromatic N) is 2. The highest BCUT2D eigenvalue weighted by atomic mass is 32.1. The third-order valence-corrected chi connectivity index (χ3v) is 5.99. The smallest absolute Gasteiger partial charge is 0.311 e. The van der Waals surface area contributed by atoms with Crippen molar-refractivity contribution in [2.45, 2.75) is 44.6 Å². The van der Waals surface area contributed by atoms with E-state index in [9.17, 15) is 4.79 Å². The number of para-hydroxylation sites is 1. The highest BCUT2D eigenvalue weighted by Crippen LogP contribution is 2.32. The molecule has 2 aliphatic rings. The molecule has 1 aliphatic heterocycles. The van der Waals surface area contributed by atoms with Gasteiger partial charge in [-0.25, -0.2) is 4.98 Å². The zero-order valence-corrected chi connectivity index (χ0v) is 14.1. The quantitative estimate of drug-likeness (QED) is 0.798. The van der Waals surface area contributed by atoms with Gasteiger partial charge in [0, 0.05) is 13.1 Å². The van der Waals surface area contributed by atoms with Gasteiger partial charge in [0.2, 0.25) is 0 Å². The van der Waals surface area contributed by atoms with Gasteiger partial charge in [-0.1, -0.05) is 23.5 Å². The lowest BCUT2D eigenvalue weighted by molar-refractivity contribution is -0.154. The molecule has 1 saturated carbocycles. The van der Waals surface area contributed by atoms with Gasteiger partial charge in [0.1, 0.15) is 6.10 Å². The summed E-state index contributed by atoms with van der Waals surface area (Å²) in [6.07, 6.45) is 6.61. The minimum atomic E-state index is -0.00337. The van der Waals surface area contributed by atoms with Gasteiger partial charge in [-0.15, -0.1) is 0 Å². The lowest BCUT2D eigenvalue weighted by Gasteiger charge is -2.31. The fourth-order valence-corrected chi connectivity index (χ4v) is 4.61. The third kappa shape index (κ3) is 3.20. The van der Waals surface area contributed by atoms with E-state index in [4.69, 9.17) is 9.72 Å². The molecule has 4 rings (SSSR count). The minimum Gasteiger partial charge on any atom is -0.462 e. The van der Waals surface area contributed by atoms with Crippen molar-refractivity contribution in [2.24, 2.45) is 5.92 Å². The second-order valence-corrected chi connectivity index (χ2v) is 7.60. The van der Waals surface area contributed by atoms with Gasteiger partial charge >= 0.3 is 5.97 Å². The molecule has 1 aromatic heterocycles. The van der Waals surface area contributed by atoms with E-state index in [2.05, 4.69) is 11.0 Å². The average molecular weight is 330 g/mol. The first-order valence-electron chi connectivity index (χ1n) is 8.60. The summed E-state index contributed by atoms with van der Waals surface area (Å²) in [5.41, 5.74) is 1.04. The Bertz CT molecular complexity index is 660. The average Bonchev–Trinajstić information content (AvgIpc) is 3.24. The van der Waals surface area contributed by atoms with Crippen LogP contribution in [0.2, 0.25) is 0 Å². The standard InChI is InChI=1S/C18H22N2O2S/c21-17(22-14-7-1-2-8-14)13-6-5-11-20(12-13)18-19-15-9-3-4-10-16(15)23-18/h3-4,9-10,13-14H,1-2,5-8,11-12H2. The topological polar surface area (TPSA) is 42.4 Å². The number of hydrogen-bond acceptors (Lipinski definition) is 5. The summed E-state index contributed by atoms with van der Waals surface area (Å²) in [7, 11) is 0. The van der Waals surface area contributed by atoms with E-state index in [-0.39, 0.29) is 18.0 Å². The molecule has 0 amide bonds. The van der Waals surface area contributed by atoms with Crippen molar-refractivity contribution in [3.63, 3.8) is 0 Å². The molecule has 1 atom stereocenters. The molecule has 1 aliphatic carbocycles. The molecule has 1 saturated heterocycles. The van der Waals surface area contributed by atoms with E-state index < -0.39 is 0 Å². The predicted octanol–water partition coefficient (Wildman–Crippen LogP) is 4.00. The molecule has 1 aromatic carbocycles. The zero-order chi connectivity index (χ0) is 15.6. The number of piperidine rings is 1. The van der Waals surface area contributed by atoms with Crippen LogP contribution in [-0.2, 0) is 9.53 Å². The van der Waals surface area contributed by atoms with Crippen LogP contribution in [0.5, 0.6) is 0 Å². The van der Waals surface area contributed by atoms with Crippen LogP contribution in [0.25, 0.3) is 10.2 Å². The maximum atomic E-state index is 12.4. The molecule has 2 fully saturated rings. The number of fused-ring (bicyclic) bond motifs is 1. The van der Waals surface area contributed by atoms with Crippen molar-refractivity contribution in [1.82, 2.24) is 4.98 Å². The van der Waals surface area contributed by atoms with Gasteiger partial charge < -0.3 is 9.64 Å². The van der Waals surface area contributed by atoms with Gasteiger partial charge in [-0.05, 0) is 50.7 Å². The Morgan fingerprint density at radius 2 is 2.00 bits per heavy atom. The summed E-state index contributed by atoms with van der Waals surface area (Å²) >= 11 is 1.71. The zero-order valence-electron chi connectivity index (χ0n) is 13.2. The van der Waals surface area contributed by atoms with Crippen molar-refractivity contribution < 1.29 is 9.53 Å². The van der Waals surface area contributed by atoms with Crippen LogP contribution in [0.1, 0.15) is 38.5 Å². The molecule has 0 radical (unpaired) electrons. The van der Waals surface area contributed by atoms with Crippen molar-refractivity contribution in [3.8, 4) is 0 Å². The predicted molar refractivity (Wildman–Crippen MR) is 92.9 cm³/mol. The second kappa shape index (κ2) is 6.48. The summed E-state index contributed by atoms with van der Waals surface area (Å²) < 4.78 is 6.92. The van der Waals surface area contributed by atoms with E-state index in [1.165, 1.54) is 17.5 Å². The summed E-state index contributed by atoms with van der Waals surface area (Å²) in [6.45, 7) is 1.72. The second-order valence-electron chi connectivity index (χ2n) is 6.59. The normalized spacial score (nSPS) is 22.6. The Morgan fingerprint density at radius 1 is 1.17 bits per heavy atom. The molecule has 23 heavy (non-hydrogen) atoms. The van der Waals surface area contributed by atoms with Crippen LogP contribution in [0, 0.1) is 5.92 Å². The molecule has 1 unspecified atom stereocenters. The summed E-state index contributed by atoms with van der Waals surface area (Å²) in [5.74, 6) is -0.000858. The fraction of sp³-hybridized carbons (Fsp3) is 0.556. The molecule has 2 heterocycles. The number of carbonyl (C=O) groups excluding carboxylic acids is 1. The summed E-state index contributed by atoms with van der Waals surface area (Å²) in [5, 5.41) is 1.03. The molecule has 0 N–H and O–H groups in total. The SMILES string of the molecule is O=C(OC1CCCC1)C1CCCN(c2nc3ccccc3s2)C1. The van der Waals surface area contributed by atoms with Crippen LogP contribution in [0.4, 0.5) is 5.13 Å². The van der Waals surface area contributed by atoms with Crippen LogP contribution in [0.15, 0.2) is 24.3 Å². The number of ether oxygens (including phenoxy) is 1. The Morgan fingerprint density at radius 3 is 2.83 bits per heavy atom. The Labute approximate surface area is 140 Å². The summed E-state index contributed by atoms with van der Waals surface area (Å²) in [4.78, 5) is 19.4. The van der Waals surface area contributed by atoms with Gasteiger partial charge in [-0.2, -0.15) is 0 Å². The first-order chi connectivity index (χ1) is 11.3. The van der Waals surface area contributed by atoms with E-state index in [0.717, 1.165) is 49.4 Å². The highest BCUT2D eigenvalue weighted by Gasteiger charge is 2.30. The van der Waals surface area contributed by atoms with Crippen LogP contribution < -0.4 is 4.90 Å². The number of benzene rings is 1. The number of hydrogen-bond donors (Lipinski definition) is 0. The maximum absolute atomic E-state index is 12.4. The van der Waals surface area contributed by atoms with Gasteiger partial charge in [-0.3, -0.25) is 4.79 Å². The summed E-state index contributed by atoms with van der Waals surface area (Å²) in [6, 6.07) is 8.21. The van der Waals surface area contributed by atoms with E-state index in [0.29, 0.717) is 0 Å². The first kappa shape index (κ1) is 14.9. The number of esters is 1. The number of aromatic nitrogens is 1. The third-order valence-electron chi connectivity index (χ3n) is 4.89. The molecule has 122 valence electrons. The molecule has 5 heteroatoms. The van der Waals surface area contributed by atoms with Crippen LogP contribution in [-0.4, -0.2) is 30.1 Å². The van der Waals surface area contributed by atoms with E-state index in [1.54, 1.807) is 11.3 Å². The number of thiazole rings is 1. The van der Waals surface area contributed by atoms with Crippen molar-refractivity contribution in [1.29, 1.82) is 0 Å². The van der Waals surface area contributed by atoms with Gasteiger partial charge in [0.15, 0.2) is 5.13 Å². The first-order valence-corrected chi connectivity index (χ1v) is 9.42. The van der Waals surface area contributed by atoms with Crippen molar-refractivity contribution in [3.05, 3.63) is 24.3 Å². The monoisotopic (exact) mass is 330 g/mol. The van der Waals surface area contributed by atoms with E-state index in [1.807, 2.05) is 18.2 Å². The van der Waals surface area contributed by atoms with Crippen LogP contribution in [0.3, 0.4) is 0 Å². The molecule has 4 nitrogen and oxygen atoms in total. The van der Waals surface area contributed by atoms with E-state index >= 15 is 0 Å². The molecule has 2 aromatic rings. The molecule has 0 bridgehead atoms.